The summed E-state index contributed by atoms with van der Waals surface area (Å²) < 4.78 is 55.5. The third-order valence-corrected chi connectivity index (χ3v) is 13.0. The molecular weight excluding hydrogens is 680 g/mol. The Labute approximate surface area is 310 Å². The molecule has 284 valence electrons. The summed E-state index contributed by atoms with van der Waals surface area (Å²) in [6, 6.07) is 7.77. The number of anilines is 1. The number of aryl methyl sites for hydroxylation is 1. The first-order valence-corrected chi connectivity index (χ1v) is 19.4. The molecule has 2 aromatic carbocycles. The van der Waals surface area contributed by atoms with E-state index in [1.807, 2.05) is 43.9 Å². The molecule has 12 heteroatoms. The molecule has 2 unspecified atom stereocenters. The molecule has 4 aliphatic heterocycles. The van der Waals surface area contributed by atoms with Crippen LogP contribution in [0.1, 0.15) is 83.8 Å². The first kappa shape index (κ1) is 35.0. The van der Waals surface area contributed by atoms with Crippen molar-refractivity contribution in [3.63, 3.8) is 0 Å². The Hall–Kier alpha value is -3.77. The van der Waals surface area contributed by atoms with E-state index in [-0.39, 0.29) is 48.5 Å². The van der Waals surface area contributed by atoms with Crippen LogP contribution in [0, 0.1) is 11.7 Å². The van der Waals surface area contributed by atoms with Crippen LogP contribution >= 0.6 is 0 Å². The van der Waals surface area contributed by atoms with Crippen LogP contribution in [0.15, 0.2) is 24.3 Å². The lowest BCUT2D eigenvalue weighted by atomic mass is 9.78. The van der Waals surface area contributed by atoms with Crippen molar-refractivity contribution in [1.29, 1.82) is 0 Å². The Morgan fingerprint density at radius 1 is 1.02 bits per heavy atom. The molecule has 0 spiro atoms. The van der Waals surface area contributed by atoms with Crippen molar-refractivity contribution >= 4 is 22.8 Å². The standard InChI is InChI=1S/C41H51F2N5O5/c1-39(2,3)53-38(49)48-27-9-10-28(48)21-46(20-27)36-31-12-11-30(32-16-29(52-23-50-5)15-24-7-8-25-17-40(25,4)33(24)32)34(43)35(31)44-37(45-36)51-22-41-13-6-14-47(41)19-26(42)18-41/h11-12,15-16,25-28H,6-10,13-14,17-23H2,1-5H3/t25?,26-,27-,28+,40?,41+/m1/s1. The van der Waals surface area contributed by atoms with Gasteiger partial charge in [0.2, 0.25) is 0 Å². The largest absolute Gasteiger partial charge is 0.468 e. The smallest absolute Gasteiger partial charge is 0.410 e. The average molecular weight is 732 g/mol. The minimum Gasteiger partial charge on any atom is -0.468 e. The highest BCUT2D eigenvalue weighted by molar-refractivity contribution is 5.94. The van der Waals surface area contributed by atoms with Crippen LogP contribution in [-0.2, 0) is 21.3 Å². The van der Waals surface area contributed by atoms with Crippen molar-refractivity contribution in [1.82, 2.24) is 19.8 Å². The highest BCUT2D eigenvalue weighted by Crippen LogP contribution is 2.62. The zero-order valence-corrected chi connectivity index (χ0v) is 31.6. The first-order valence-electron chi connectivity index (χ1n) is 19.4. The van der Waals surface area contributed by atoms with E-state index in [1.165, 1.54) is 11.1 Å². The van der Waals surface area contributed by atoms with Gasteiger partial charge in [-0.25, -0.2) is 13.6 Å². The summed E-state index contributed by atoms with van der Waals surface area (Å²) in [5.41, 5.74) is 2.85. The molecule has 9 rings (SSSR count). The van der Waals surface area contributed by atoms with Gasteiger partial charge in [-0.3, -0.25) is 9.80 Å². The average Bonchev–Trinajstić information content (AvgIpc) is 3.33. The fourth-order valence-electron chi connectivity index (χ4n) is 10.5. The number of aromatic nitrogens is 2. The molecule has 0 radical (unpaired) electrons. The van der Waals surface area contributed by atoms with E-state index >= 15 is 4.39 Å². The molecule has 10 nitrogen and oxygen atoms in total. The number of hydrogen-bond acceptors (Lipinski definition) is 9. The summed E-state index contributed by atoms with van der Waals surface area (Å²) in [5.74, 6) is 1.38. The molecule has 5 fully saturated rings. The Balaban J connectivity index is 1.13. The van der Waals surface area contributed by atoms with Crippen molar-refractivity contribution in [3.05, 3.63) is 41.2 Å². The molecule has 6 atom stereocenters. The Bertz CT molecular complexity index is 1940. The number of nitrogens with zero attached hydrogens (tertiary/aromatic N) is 5. The topological polar surface area (TPSA) is 89.5 Å². The van der Waals surface area contributed by atoms with E-state index in [4.69, 9.17) is 28.9 Å². The number of halogens is 2. The Kier molecular flexibility index (Phi) is 8.34. The predicted octanol–water partition coefficient (Wildman–Crippen LogP) is 7.19. The zero-order valence-electron chi connectivity index (χ0n) is 31.6. The minimum absolute atomic E-state index is 0.00960. The third kappa shape index (κ3) is 5.99. The van der Waals surface area contributed by atoms with E-state index in [1.54, 1.807) is 7.11 Å². The van der Waals surface area contributed by atoms with Gasteiger partial charge in [-0.2, -0.15) is 9.97 Å². The molecule has 1 saturated carbocycles. The van der Waals surface area contributed by atoms with Gasteiger partial charge in [-0.05, 0) is 118 Å². The lowest BCUT2D eigenvalue weighted by Gasteiger charge is -2.42. The number of rotatable bonds is 8. The molecule has 2 aliphatic carbocycles. The van der Waals surface area contributed by atoms with E-state index in [9.17, 15) is 9.18 Å². The zero-order chi connectivity index (χ0) is 36.9. The summed E-state index contributed by atoms with van der Waals surface area (Å²) in [5, 5.41) is 0.588. The SMILES string of the molecule is COCOc1cc2c(c(-c3ccc4c(N5C[C@H]6CC[C@@H](C5)N6C(=O)OC(C)(C)C)nc(OC[C@@]56CCCN5C[C@H](F)C6)nc4c3F)c1)C1(C)CC1CC2. The number of carbonyl (C=O) groups is 1. The van der Waals surface area contributed by atoms with Gasteiger partial charge in [0, 0.05) is 44.1 Å². The van der Waals surface area contributed by atoms with Crippen LogP contribution in [0.3, 0.4) is 0 Å². The number of hydrogen-bond donors (Lipinski definition) is 0. The summed E-state index contributed by atoms with van der Waals surface area (Å²) in [6.07, 6.45) is 5.85. The maximum atomic E-state index is 17.4. The summed E-state index contributed by atoms with van der Waals surface area (Å²) >= 11 is 0. The second-order valence-electron chi connectivity index (χ2n) is 17.6. The van der Waals surface area contributed by atoms with Crippen molar-refractivity contribution in [2.75, 3.05) is 51.6 Å². The maximum Gasteiger partial charge on any atom is 0.410 e. The van der Waals surface area contributed by atoms with Crippen LogP contribution < -0.4 is 14.4 Å². The van der Waals surface area contributed by atoms with E-state index in [0.29, 0.717) is 54.5 Å². The molecule has 5 heterocycles. The number of methoxy groups -OCH3 is 1. The quantitative estimate of drug-likeness (QED) is 0.224. The Morgan fingerprint density at radius 3 is 2.57 bits per heavy atom. The Morgan fingerprint density at radius 2 is 1.81 bits per heavy atom. The van der Waals surface area contributed by atoms with Gasteiger partial charge in [-0.1, -0.05) is 13.0 Å². The number of alkyl halides is 1. The van der Waals surface area contributed by atoms with Gasteiger partial charge >= 0.3 is 12.1 Å². The van der Waals surface area contributed by atoms with Gasteiger partial charge in [0.15, 0.2) is 12.6 Å². The molecular formula is C41H51F2N5O5. The number of amides is 1. The molecule has 1 aromatic heterocycles. The van der Waals surface area contributed by atoms with Gasteiger partial charge in [0.25, 0.3) is 0 Å². The molecule has 6 aliphatic rings. The summed E-state index contributed by atoms with van der Waals surface area (Å²) in [7, 11) is 1.59. The highest BCUT2D eigenvalue weighted by Gasteiger charge is 2.55. The second-order valence-corrected chi connectivity index (χ2v) is 17.6. The summed E-state index contributed by atoms with van der Waals surface area (Å²) in [6.45, 7) is 10.6. The fraction of sp³-hybridized carbons (Fsp3) is 0.634. The van der Waals surface area contributed by atoms with Crippen LogP contribution in [0.25, 0.3) is 22.0 Å². The normalized spacial score (nSPS) is 30.3. The lowest BCUT2D eigenvalue weighted by molar-refractivity contribution is 0.0122. The van der Waals surface area contributed by atoms with Crippen molar-refractivity contribution < 1.29 is 32.5 Å². The number of fused-ring (bicyclic) bond motifs is 7. The van der Waals surface area contributed by atoms with Crippen LogP contribution in [0.4, 0.5) is 19.4 Å². The monoisotopic (exact) mass is 731 g/mol. The van der Waals surface area contributed by atoms with Gasteiger partial charge < -0.3 is 23.8 Å². The molecule has 4 saturated heterocycles. The van der Waals surface area contributed by atoms with Crippen LogP contribution in [0.5, 0.6) is 11.8 Å². The van der Waals surface area contributed by atoms with E-state index in [2.05, 4.69) is 22.8 Å². The number of piperazine rings is 1. The number of benzene rings is 2. The van der Waals surface area contributed by atoms with E-state index in [0.717, 1.165) is 57.1 Å². The molecule has 3 aromatic rings. The van der Waals surface area contributed by atoms with Gasteiger partial charge in [-0.15, -0.1) is 0 Å². The lowest BCUT2D eigenvalue weighted by Crippen LogP contribution is -2.57. The van der Waals surface area contributed by atoms with Gasteiger partial charge in [0.1, 0.15) is 35.5 Å². The van der Waals surface area contributed by atoms with Crippen molar-refractivity contribution in [2.45, 2.75) is 114 Å². The number of ether oxygens (including phenoxy) is 4. The first-order chi connectivity index (χ1) is 25.4. The van der Waals surface area contributed by atoms with E-state index < -0.39 is 23.1 Å². The fourth-order valence-corrected chi connectivity index (χ4v) is 10.5. The molecule has 0 N–H and O–H groups in total. The predicted molar refractivity (Wildman–Crippen MR) is 197 cm³/mol. The number of carbonyl (C=O) groups excluding carboxylic acids is 1. The van der Waals surface area contributed by atoms with Crippen LogP contribution in [-0.4, -0.2) is 102 Å². The molecule has 2 bridgehead atoms. The minimum atomic E-state index is -0.897. The van der Waals surface area contributed by atoms with Gasteiger partial charge in [0.05, 0.1) is 17.6 Å². The van der Waals surface area contributed by atoms with Crippen LogP contribution in [0.2, 0.25) is 0 Å². The maximum absolute atomic E-state index is 17.4. The van der Waals surface area contributed by atoms with Crippen molar-refractivity contribution in [3.8, 4) is 22.9 Å². The third-order valence-electron chi connectivity index (χ3n) is 13.0. The van der Waals surface area contributed by atoms with Crippen molar-refractivity contribution in [2.24, 2.45) is 5.92 Å². The second kappa shape index (κ2) is 12.6. The molecule has 1 amide bonds. The highest BCUT2D eigenvalue weighted by atomic mass is 19.1. The summed E-state index contributed by atoms with van der Waals surface area (Å²) in [4.78, 5) is 29.3. The molecule has 53 heavy (non-hydrogen) atoms.